The second kappa shape index (κ2) is 5.95. The molecular formula is C16H13BrN2OS. The van der Waals surface area contributed by atoms with Crippen molar-refractivity contribution in [1.82, 2.24) is 9.78 Å². The van der Waals surface area contributed by atoms with E-state index < -0.39 is 0 Å². The lowest BCUT2D eigenvalue weighted by atomic mass is 10.2. The highest BCUT2D eigenvalue weighted by molar-refractivity contribution is 9.10. The molecule has 0 aliphatic heterocycles. The maximum atomic E-state index is 11.3. The van der Waals surface area contributed by atoms with Crippen molar-refractivity contribution in [2.45, 2.75) is 13.5 Å². The Hall–Kier alpha value is -1.72. The molecule has 0 unspecified atom stereocenters. The van der Waals surface area contributed by atoms with E-state index in [0.717, 1.165) is 32.5 Å². The summed E-state index contributed by atoms with van der Waals surface area (Å²) in [7, 11) is 0. The Morgan fingerprint density at radius 2 is 2.14 bits per heavy atom. The SMILES string of the molecule is Cc1ccsc1-c1nn(Cc2ccccc2Br)cc1C=O. The Bertz CT molecular complexity index is 791. The zero-order valence-corrected chi connectivity index (χ0v) is 13.8. The average molecular weight is 361 g/mol. The third kappa shape index (κ3) is 2.84. The van der Waals surface area contributed by atoms with E-state index in [1.807, 2.05) is 47.3 Å². The monoisotopic (exact) mass is 360 g/mol. The molecule has 0 fully saturated rings. The summed E-state index contributed by atoms with van der Waals surface area (Å²) >= 11 is 5.15. The maximum Gasteiger partial charge on any atom is 0.153 e. The molecule has 0 radical (unpaired) electrons. The number of nitrogens with zero attached hydrogens (tertiary/aromatic N) is 2. The molecule has 0 amide bonds. The number of carbonyl (C=O) groups is 1. The van der Waals surface area contributed by atoms with Gasteiger partial charge in [-0.2, -0.15) is 5.10 Å². The topological polar surface area (TPSA) is 34.9 Å². The molecule has 0 spiro atoms. The number of carbonyl (C=O) groups excluding carboxylic acids is 1. The number of aryl methyl sites for hydroxylation is 1. The molecule has 21 heavy (non-hydrogen) atoms. The summed E-state index contributed by atoms with van der Waals surface area (Å²) in [6.45, 7) is 2.67. The summed E-state index contributed by atoms with van der Waals surface area (Å²) in [6.07, 6.45) is 2.68. The highest BCUT2D eigenvalue weighted by Crippen LogP contribution is 2.30. The van der Waals surface area contributed by atoms with Crippen LogP contribution < -0.4 is 0 Å². The Kier molecular flexibility index (Phi) is 4.03. The number of aromatic nitrogens is 2. The molecule has 3 aromatic rings. The standard InChI is InChI=1S/C16H13BrN2OS/c1-11-6-7-21-16(11)15-13(10-20)9-19(18-15)8-12-4-2-3-5-14(12)17/h2-7,9-10H,8H2,1H3. The molecule has 0 saturated heterocycles. The van der Waals surface area contributed by atoms with Crippen LogP contribution in [0.5, 0.6) is 0 Å². The quantitative estimate of drug-likeness (QED) is 0.640. The Labute approximate surface area is 135 Å². The highest BCUT2D eigenvalue weighted by atomic mass is 79.9. The molecule has 0 aliphatic rings. The third-order valence-electron chi connectivity index (χ3n) is 3.28. The highest BCUT2D eigenvalue weighted by Gasteiger charge is 2.14. The fraction of sp³-hybridized carbons (Fsp3) is 0.125. The molecule has 0 atom stereocenters. The van der Waals surface area contributed by atoms with Crippen molar-refractivity contribution in [3.63, 3.8) is 0 Å². The van der Waals surface area contributed by atoms with Gasteiger partial charge in [-0.1, -0.05) is 34.1 Å². The van der Waals surface area contributed by atoms with Gasteiger partial charge < -0.3 is 0 Å². The van der Waals surface area contributed by atoms with E-state index in [1.165, 1.54) is 0 Å². The van der Waals surface area contributed by atoms with E-state index in [0.29, 0.717) is 12.1 Å². The molecule has 0 saturated carbocycles. The Morgan fingerprint density at radius 3 is 2.81 bits per heavy atom. The fourth-order valence-corrected chi connectivity index (χ4v) is 3.54. The largest absolute Gasteiger partial charge is 0.298 e. The Balaban J connectivity index is 1.99. The van der Waals surface area contributed by atoms with Crippen LogP contribution in [0.4, 0.5) is 0 Å². The van der Waals surface area contributed by atoms with Gasteiger partial charge in [0.05, 0.1) is 17.0 Å². The summed E-state index contributed by atoms with van der Waals surface area (Å²) < 4.78 is 2.86. The molecule has 1 aromatic carbocycles. The first-order valence-electron chi connectivity index (χ1n) is 6.49. The van der Waals surface area contributed by atoms with Crippen LogP contribution in [0.2, 0.25) is 0 Å². The van der Waals surface area contributed by atoms with Gasteiger partial charge in [0.25, 0.3) is 0 Å². The molecule has 0 N–H and O–H groups in total. The first-order valence-corrected chi connectivity index (χ1v) is 8.17. The molecule has 0 bridgehead atoms. The molecule has 106 valence electrons. The summed E-state index contributed by atoms with van der Waals surface area (Å²) in [5.74, 6) is 0. The lowest BCUT2D eigenvalue weighted by molar-refractivity contribution is 0.112. The second-order valence-electron chi connectivity index (χ2n) is 4.77. The smallest absolute Gasteiger partial charge is 0.153 e. The first kappa shape index (κ1) is 14.2. The van der Waals surface area contributed by atoms with Crippen LogP contribution in [0.1, 0.15) is 21.5 Å². The molecule has 0 aliphatic carbocycles. The number of benzene rings is 1. The van der Waals surface area contributed by atoms with Crippen LogP contribution >= 0.6 is 27.3 Å². The van der Waals surface area contributed by atoms with Gasteiger partial charge in [-0.15, -0.1) is 11.3 Å². The van der Waals surface area contributed by atoms with Crippen molar-refractivity contribution in [3.8, 4) is 10.6 Å². The predicted octanol–water partition coefficient (Wildman–Crippen LogP) is 4.54. The maximum absolute atomic E-state index is 11.3. The first-order chi connectivity index (χ1) is 10.2. The van der Waals surface area contributed by atoms with Gasteiger partial charge in [0, 0.05) is 10.7 Å². The van der Waals surface area contributed by atoms with Gasteiger partial charge in [0.2, 0.25) is 0 Å². The zero-order chi connectivity index (χ0) is 14.8. The van der Waals surface area contributed by atoms with Crippen LogP contribution in [0.15, 0.2) is 46.4 Å². The van der Waals surface area contributed by atoms with Gasteiger partial charge >= 0.3 is 0 Å². The Morgan fingerprint density at radius 1 is 1.33 bits per heavy atom. The minimum atomic E-state index is 0.632. The summed E-state index contributed by atoms with van der Waals surface area (Å²) in [6, 6.07) is 10.1. The number of rotatable bonds is 4. The molecule has 2 heterocycles. The van der Waals surface area contributed by atoms with E-state index >= 15 is 0 Å². The summed E-state index contributed by atoms with van der Waals surface area (Å²) in [4.78, 5) is 12.4. The van der Waals surface area contributed by atoms with Crippen molar-refractivity contribution in [2.24, 2.45) is 0 Å². The van der Waals surface area contributed by atoms with Gasteiger partial charge in [-0.05, 0) is 35.6 Å². The minimum absolute atomic E-state index is 0.632. The van der Waals surface area contributed by atoms with E-state index in [2.05, 4.69) is 21.0 Å². The van der Waals surface area contributed by atoms with Gasteiger partial charge in [0.1, 0.15) is 5.69 Å². The lowest BCUT2D eigenvalue weighted by Gasteiger charge is -2.04. The zero-order valence-electron chi connectivity index (χ0n) is 11.4. The fourth-order valence-electron chi connectivity index (χ4n) is 2.20. The second-order valence-corrected chi connectivity index (χ2v) is 6.54. The molecule has 2 aromatic heterocycles. The van der Waals surface area contributed by atoms with Gasteiger partial charge in [-0.3, -0.25) is 9.48 Å². The molecule has 5 heteroatoms. The van der Waals surface area contributed by atoms with Crippen molar-refractivity contribution < 1.29 is 4.79 Å². The minimum Gasteiger partial charge on any atom is -0.298 e. The number of aldehydes is 1. The van der Waals surface area contributed by atoms with Crippen LogP contribution in [0.3, 0.4) is 0 Å². The van der Waals surface area contributed by atoms with Crippen LogP contribution in [0.25, 0.3) is 10.6 Å². The van der Waals surface area contributed by atoms with E-state index in [9.17, 15) is 4.79 Å². The summed E-state index contributed by atoms with van der Waals surface area (Å²) in [5, 5.41) is 6.62. The van der Waals surface area contributed by atoms with Crippen molar-refractivity contribution in [1.29, 1.82) is 0 Å². The van der Waals surface area contributed by atoms with Crippen molar-refractivity contribution >= 4 is 33.6 Å². The average Bonchev–Trinajstić information content (AvgIpc) is 3.07. The normalized spacial score (nSPS) is 10.8. The number of hydrogen-bond donors (Lipinski definition) is 0. The molecule has 3 rings (SSSR count). The molecular weight excluding hydrogens is 348 g/mol. The number of hydrogen-bond acceptors (Lipinski definition) is 3. The lowest BCUT2D eigenvalue weighted by Crippen LogP contribution is -2.01. The van der Waals surface area contributed by atoms with Crippen LogP contribution in [-0.4, -0.2) is 16.1 Å². The van der Waals surface area contributed by atoms with Crippen LogP contribution in [0, 0.1) is 6.92 Å². The third-order valence-corrected chi connectivity index (χ3v) is 5.08. The summed E-state index contributed by atoms with van der Waals surface area (Å²) in [5.41, 5.74) is 3.68. The molecule has 3 nitrogen and oxygen atoms in total. The van der Waals surface area contributed by atoms with E-state index in [-0.39, 0.29) is 0 Å². The van der Waals surface area contributed by atoms with Gasteiger partial charge in [-0.25, -0.2) is 0 Å². The van der Waals surface area contributed by atoms with E-state index in [1.54, 1.807) is 17.5 Å². The van der Waals surface area contributed by atoms with E-state index in [4.69, 9.17) is 0 Å². The van der Waals surface area contributed by atoms with Crippen molar-refractivity contribution in [3.05, 3.63) is 63.1 Å². The number of thiophene rings is 1. The van der Waals surface area contributed by atoms with Gasteiger partial charge in [0.15, 0.2) is 6.29 Å². The van der Waals surface area contributed by atoms with Crippen LogP contribution in [-0.2, 0) is 6.54 Å². The number of halogens is 1. The predicted molar refractivity (Wildman–Crippen MR) is 88.9 cm³/mol. The van der Waals surface area contributed by atoms with Crippen molar-refractivity contribution in [2.75, 3.05) is 0 Å².